The Morgan fingerprint density at radius 1 is 1.09 bits per heavy atom. The minimum absolute atomic E-state index is 0.202. The summed E-state index contributed by atoms with van der Waals surface area (Å²) in [6.45, 7) is 3.85. The fourth-order valence-corrected chi connectivity index (χ4v) is 4.47. The average molecular weight is 311 g/mol. The quantitative estimate of drug-likeness (QED) is 0.744. The molecule has 3 N–H and O–H groups in total. The van der Waals surface area contributed by atoms with Crippen LogP contribution in [0.2, 0.25) is 0 Å². The lowest BCUT2D eigenvalue weighted by Gasteiger charge is -2.30. The van der Waals surface area contributed by atoms with Crippen LogP contribution in [0.25, 0.3) is 0 Å². The summed E-state index contributed by atoms with van der Waals surface area (Å²) in [6.07, 6.45) is 0. The number of nitrogens with two attached hydrogens (primary N) is 1. The highest BCUT2D eigenvalue weighted by Crippen LogP contribution is 2.82. The third-order valence-electron chi connectivity index (χ3n) is 5.74. The van der Waals surface area contributed by atoms with Gasteiger partial charge in [0.25, 0.3) is 5.84 Å². The van der Waals surface area contributed by atoms with E-state index in [4.69, 9.17) is 15.2 Å². The summed E-state index contributed by atoms with van der Waals surface area (Å²) in [4.78, 5) is 2.89. The standard InChI is InChI=1S/C17H18N4O2/c1-11-5-7-12(8-6-11)14(2)15(9-18)13(20)21-17(22-3,23-4)16(14,15)10-19/h5-8H,1-4H3,(H2,20,21)/p+1/t14-,15+,16-/m1/s1. The second-order valence-electron chi connectivity index (χ2n) is 6.28. The van der Waals surface area contributed by atoms with Gasteiger partial charge in [-0.3, -0.25) is 5.73 Å². The molecule has 2 aliphatic rings. The van der Waals surface area contributed by atoms with Gasteiger partial charge in [0.2, 0.25) is 0 Å². The van der Waals surface area contributed by atoms with E-state index in [1.807, 2.05) is 38.1 Å². The van der Waals surface area contributed by atoms with E-state index < -0.39 is 22.2 Å². The van der Waals surface area contributed by atoms with Crippen LogP contribution >= 0.6 is 0 Å². The van der Waals surface area contributed by atoms with E-state index in [1.165, 1.54) is 14.2 Å². The Bertz CT molecular complexity index is 784. The normalized spacial score (nSPS) is 36.5. The molecule has 3 atom stereocenters. The van der Waals surface area contributed by atoms with Crippen LogP contribution in [-0.4, -0.2) is 26.0 Å². The van der Waals surface area contributed by atoms with Crippen molar-refractivity contribution in [3.8, 4) is 12.1 Å². The van der Waals surface area contributed by atoms with Crippen molar-refractivity contribution in [2.75, 3.05) is 14.2 Å². The van der Waals surface area contributed by atoms with Crippen molar-refractivity contribution in [2.24, 2.45) is 16.6 Å². The Morgan fingerprint density at radius 2 is 1.65 bits per heavy atom. The van der Waals surface area contributed by atoms with Gasteiger partial charge in [-0.2, -0.15) is 10.5 Å². The highest BCUT2D eigenvalue weighted by molar-refractivity contribution is 5.97. The summed E-state index contributed by atoms with van der Waals surface area (Å²) in [5.41, 5.74) is 4.76. The number of rotatable bonds is 3. The van der Waals surface area contributed by atoms with Gasteiger partial charge in [-0.15, -0.1) is 0 Å². The molecule has 1 heterocycles. The van der Waals surface area contributed by atoms with Gasteiger partial charge in [0.05, 0.1) is 17.6 Å². The Hall–Kier alpha value is -2.41. The fourth-order valence-electron chi connectivity index (χ4n) is 4.47. The van der Waals surface area contributed by atoms with Gasteiger partial charge in [0.15, 0.2) is 10.8 Å². The number of ether oxygens (including phenoxy) is 2. The summed E-state index contributed by atoms with van der Waals surface area (Å²) in [5, 5.41) is 20.0. The first-order valence-electron chi connectivity index (χ1n) is 7.28. The Morgan fingerprint density at radius 3 is 2.09 bits per heavy atom. The third-order valence-corrected chi connectivity index (χ3v) is 5.74. The molecule has 0 saturated heterocycles. The monoisotopic (exact) mass is 311 g/mol. The number of fused-ring (bicyclic) bond motifs is 1. The van der Waals surface area contributed by atoms with Crippen molar-refractivity contribution in [2.45, 2.75) is 25.2 Å². The Kier molecular flexibility index (Phi) is 2.91. The van der Waals surface area contributed by atoms with E-state index in [-0.39, 0.29) is 5.84 Å². The number of nitriles is 2. The first-order chi connectivity index (χ1) is 10.9. The van der Waals surface area contributed by atoms with Gasteiger partial charge in [0, 0.05) is 14.2 Å². The number of nitrogens with one attached hydrogen (secondary N) is 1. The molecule has 6 heteroatoms. The maximum absolute atomic E-state index is 10.1. The molecule has 1 aliphatic carbocycles. The molecule has 0 bridgehead atoms. The molecule has 118 valence electrons. The van der Waals surface area contributed by atoms with Gasteiger partial charge in [0.1, 0.15) is 0 Å². The smallest absolute Gasteiger partial charge is 0.317 e. The highest BCUT2D eigenvalue weighted by atomic mass is 16.7. The fraction of sp³-hybridized carbons (Fsp3) is 0.471. The van der Waals surface area contributed by atoms with Crippen LogP contribution in [0.1, 0.15) is 18.1 Å². The minimum atomic E-state index is -1.47. The van der Waals surface area contributed by atoms with E-state index in [9.17, 15) is 10.5 Å². The van der Waals surface area contributed by atoms with E-state index in [2.05, 4.69) is 17.1 Å². The molecule has 1 fully saturated rings. The number of amidine groups is 1. The van der Waals surface area contributed by atoms with E-state index in [0.29, 0.717) is 0 Å². The number of benzene rings is 1. The largest absolute Gasteiger partial charge is 0.343 e. The van der Waals surface area contributed by atoms with Gasteiger partial charge in [-0.1, -0.05) is 36.8 Å². The minimum Gasteiger partial charge on any atom is -0.317 e. The number of hydrogen-bond acceptors (Lipinski definition) is 5. The predicted octanol–water partition coefficient (Wildman–Crippen LogP) is -0.316. The first kappa shape index (κ1) is 15.5. The van der Waals surface area contributed by atoms with Crippen LogP contribution in [0.4, 0.5) is 0 Å². The zero-order valence-electron chi connectivity index (χ0n) is 13.6. The molecule has 0 amide bonds. The maximum Gasteiger partial charge on any atom is 0.343 e. The molecule has 6 nitrogen and oxygen atoms in total. The van der Waals surface area contributed by atoms with Crippen LogP contribution < -0.4 is 10.7 Å². The highest BCUT2D eigenvalue weighted by Gasteiger charge is 3.02. The summed E-state index contributed by atoms with van der Waals surface area (Å²) < 4.78 is 11.1. The van der Waals surface area contributed by atoms with Crippen LogP contribution in [0.3, 0.4) is 0 Å². The van der Waals surface area contributed by atoms with E-state index >= 15 is 0 Å². The number of aryl methyl sites for hydroxylation is 1. The number of nitrogens with zero attached hydrogens (tertiary/aromatic N) is 2. The van der Waals surface area contributed by atoms with Gasteiger partial charge in [-0.25, -0.2) is 4.99 Å². The van der Waals surface area contributed by atoms with Crippen molar-refractivity contribution in [1.82, 2.24) is 0 Å². The lowest BCUT2D eigenvalue weighted by molar-refractivity contribution is -0.688. The molecule has 0 aromatic heterocycles. The van der Waals surface area contributed by atoms with Gasteiger partial charge < -0.3 is 9.47 Å². The summed E-state index contributed by atoms with van der Waals surface area (Å²) in [5.74, 6) is -1.27. The molecular formula is C17H19N4O2+. The number of hydrogen-bond donors (Lipinski definition) is 2. The molecular weight excluding hydrogens is 292 g/mol. The molecule has 1 aromatic carbocycles. The Balaban J connectivity index is 2.33. The maximum atomic E-state index is 10.1. The summed E-state index contributed by atoms with van der Waals surface area (Å²) in [6, 6.07) is 12.3. The van der Waals surface area contributed by atoms with Crippen molar-refractivity contribution in [3.05, 3.63) is 35.4 Å². The summed E-state index contributed by atoms with van der Waals surface area (Å²) in [7, 11) is 2.87. The molecule has 1 saturated carbocycles. The zero-order chi connectivity index (χ0) is 17.1. The lowest BCUT2D eigenvalue weighted by atomic mass is 9.84. The van der Waals surface area contributed by atoms with Crippen molar-refractivity contribution < 1.29 is 14.5 Å². The number of methoxy groups -OCH3 is 2. The Labute approximate surface area is 135 Å². The molecule has 1 aromatic rings. The van der Waals surface area contributed by atoms with Crippen molar-refractivity contribution in [1.29, 1.82) is 10.5 Å². The molecule has 0 spiro atoms. The molecule has 0 unspecified atom stereocenters. The van der Waals surface area contributed by atoms with E-state index in [0.717, 1.165) is 11.1 Å². The third kappa shape index (κ3) is 1.22. The lowest BCUT2D eigenvalue weighted by Crippen LogP contribution is -2.91. The molecule has 3 rings (SSSR count). The molecule has 23 heavy (non-hydrogen) atoms. The van der Waals surface area contributed by atoms with Gasteiger partial charge in [-0.05, 0) is 12.5 Å². The van der Waals surface area contributed by atoms with E-state index in [1.54, 1.807) is 0 Å². The zero-order valence-corrected chi connectivity index (χ0v) is 13.6. The van der Waals surface area contributed by atoms with Gasteiger partial charge >= 0.3 is 5.91 Å². The second kappa shape index (κ2) is 4.32. The SMILES string of the molecule is COC1(OC)[NH+]=C(N)[C@@]2(C#N)[C@@](C)(c3ccc(C)cc3)[C@@]12C#N. The second-order valence-corrected chi connectivity index (χ2v) is 6.28. The van der Waals surface area contributed by atoms with Crippen LogP contribution in [0, 0.1) is 40.4 Å². The molecule has 0 radical (unpaired) electrons. The van der Waals surface area contributed by atoms with Crippen LogP contribution in [0.15, 0.2) is 24.3 Å². The molecule has 1 aliphatic heterocycles. The predicted molar refractivity (Wildman–Crippen MR) is 81.5 cm³/mol. The topological polar surface area (TPSA) is 106 Å². The summed E-state index contributed by atoms with van der Waals surface area (Å²) >= 11 is 0. The van der Waals surface area contributed by atoms with Crippen LogP contribution in [0.5, 0.6) is 0 Å². The van der Waals surface area contributed by atoms with Crippen LogP contribution in [-0.2, 0) is 14.9 Å². The van der Waals surface area contributed by atoms with Crippen molar-refractivity contribution >= 4 is 5.84 Å². The van der Waals surface area contributed by atoms with Crippen molar-refractivity contribution in [3.63, 3.8) is 0 Å². The average Bonchev–Trinajstić information content (AvgIpc) is 2.97. The first-order valence-corrected chi connectivity index (χ1v) is 7.28.